The van der Waals surface area contributed by atoms with Gasteiger partial charge in [-0.1, -0.05) is 30.3 Å². The molecule has 2 N–H and O–H groups in total. The second-order valence-electron chi connectivity index (χ2n) is 6.06. The average Bonchev–Trinajstić information content (AvgIpc) is 3.16. The van der Waals surface area contributed by atoms with Crippen LogP contribution in [0, 0.1) is 0 Å². The molecule has 1 amide bonds. The lowest BCUT2D eigenvalue weighted by molar-refractivity contribution is 0.0736. The normalized spacial score (nSPS) is 12.6. The van der Waals surface area contributed by atoms with E-state index in [-0.39, 0.29) is 22.5 Å². The monoisotopic (exact) mass is 385 g/mol. The first-order valence-electron chi connectivity index (χ1n) is 8.15. The fourth-order valence-corrected chi connectivity index (χ4v) is 3.08. The Labute approximate surface area is 157 Å². The lowest BCUT2D eigenvalue weighted by Gasteiger charge is -2.24. The predicted molar refractivity (Wildman–Crippen MR) is 99.7 cm³/mol. The van der Waals surface area contributed by atoms with Crippen LogP contribution >= 0.6 is 0 Å². The molecule has 0 aliphatic rings. The van der Waals surface area contributed by atoms with Crippen molar-refractivity contribution < 1.29 is 13.2 Å². The van der Waals surface area contributed by atoms with Crippen molar-refractivity contribution in [2.45, 2.75) is 17.9 Å². The van der Waals surface area contributed by atoms with Gasteiger partial charge in [0.25, 0.3) is 5.91 Å². The Kier molecular flexibility index (Phi) is 5.06. The number of hydrogen-bond donors (Lipinski definition) is 1. The molecule has 0 aliphatic heterocycles. The average molecular weight is 385 g/mol. The predicted octanol–water partition coefficient (Wildman–Crippen LogP) is 1.75. The third-order valence-electron chi connectivity index (χ3n) is 4.29. The van der Waals surface area contributed by atoms with Gasteiger partial charge in [-0.25, -0.2) is 13.6 Å². The molecule has 3 aromatic rings. The van der Waals surface area contributed by atoms with Gasteiger partial charge in [-0.05, 0) is 36.8 Å². The highest BCUT2D eigenvalue weighted by Crippen LogP contribution is 2.21. The molecule has 0 fully saturated rings. The van der Waals surface area contributed by atoms with Crippen LogP contribution in [0.1, 0.15) is 29.0 Å². The maximum absolute atomic E-state index is 12.7. The zero-order valence-electron chi connectivity index (χ0n) is 14.9. The van der Waals surface area contributed by atoms with E-state index in [1.807, 2.05) is 37.3 Å². The van der Waals surface area contributed by atoms with Crippen LogP contribution in [0.25, 0.3) is 5.69 Å². The molecule has 0 saturated heterocycles. The maximum atomic E-state index is 12.7. The minimum Gasteiger partial charge on any atom is -0.334 e. The first kappa shape index (κ1) is 18.7. The van der Waals surface area contributed by atoms with Crippen LogP contribution in [0.5, 0.6) is 0 Å². The van der Waals surface area contributed by atoms with Crippen LogP contribution in [0.3, 0.4) is 0 Å². The minimum atomic E-state index is -3.75. The number of rotatable bonds is 5. The van der Waals surface area contributed by atoms with Crippen LogP contribution in [-0.2, 0) is 10.0 Å². The third-order valence-corrected chi connectivity index (χ3v) is 5.22. The van der Waals surface area contributed by atoms with Crippen LogP contribution in [0.2, 0.25) is 0 Å². The molecule has 0 bridgehead atoms. The van der Waals surface area contributed by atoms with E-state index in [9.17, 15) is 13.2 Å². The van der Waals surface area contributed by atoms with Crippen molar-refractivity contribution in [1.82, 2.24) is 19.9 Å². The van der Waals surface area contributed by atoms with E-state index in [2.05, 4.69) is 10.2 Å². The molecule has 9 heteroatoms. The summed E-state index contributed by atoms with van der Waals surface area (Å²) >= 11 is 0. The van der Waals surface area contributed by atoms with Gasteiger partial charge in [0.05, 0.1) is 22.8 Å². The standard InChI is InChI=1S/C18H19N5O3S/c1-13(14-8-10-16(11-9-14)27(19,25)26)22(2)18(24)17-12-20-23(21-17)15-6-4-3-5-7-15/h3-13H,1-2H3,(H2,19,25,26)/t13-/m1/s1. The van der Waals surface area contributed by atoms with Crippen LogP contribution < -0.4 is 5.14 Å². The summed E-state index contributed by atoms with van der Waals surface area (Å²) in [5.41, 5.74) is 1.74. The summed E-state index contributed by atoms with van der Waals surface area (Å²) in [6, 6.07) is 15.1. The summed E-state index contributed by atoms with van der Waals surface area (Å²) in [5, 5.41) is 13.5. The summed E-state index contributed by atoms with van der Waals surface area (Å²) in [5.74, 6) is -0.291. The SMILES string of the molecule is C[C@H](c1ccc(S(N)(=O)=O)cc1)N(C)C(=O)c1cnn(-c2ccccc2)n1. The van der Waals surface area contributed by atoms with Crippen molar-refractivity contribution in [3.63, 3.8) is 0 Å². The number of carbonyl (C=O) groups excluding carboxylic acids is 1. The molecule has 1 atom stereocenters. The lowest BCUT2D eigenvalue weighted by Crippen LogP contribution is -2.30. The smallest absolute Gasteiger partial charge is 0.276 e. The van der Waals surface area contributed by atoms with E-state index in [1.54, 1.807) is 19.2 Å². The number of amides is 1. The fraction of sp³-hybridized carbons (Fsp3) is 0.167. The topological polar surface area (TPSA) is 111 Å². The molecule has 0 spiro atoms. The Balaban J connectivity index is 1.78. The molecule has 3 rings (SSSR count). The van der Waals surface area contributed by atoms with E-state index in [1.165, 1.54) is 28.0 Å². The zero-order chi connectivity index (χ0) is 19.6. The number of sulfonamides is 1. The molecule has 140 valence electrons. The minimum absolute atomic E-state index is 0.0261. The molecular weight excluding hydrogens is 366 g/mol. The summed E-state index contributed by atoms with van der Waals surface area (Å²) < 4.78 is 22.7. The number of aromatic nitrogens is 3. The Morgan fingerprint density at radius 2 is 1.74 bits per heavy atom. The summed E-state index contributed by atoms with van der Waals surface area (Å²) in [7, 11) is -2.10. The van der Waals surface area contributed by atoms with E-state index in [4.69, 9.17) is 5.14 Å². The van der Waals surface area contributed by atoms with Gasteiger partial charge in [-0.3, -0.25) is 4.79 Å². The quantitative estimate of drug-likeness (QED) is 0.719. The molecular formula is C18H19N5O3S. The second-order valence-corrected chi connectivity index (χ2v) is 7.62. The van der Waals surface area contributed by atoms with Crippen LogP contribution in [0.15, 0.2) is 65.7 Å². The first-order chi connectivity index (χ1) is 12.8. The molecule has 1 aromatic heterocycles. The van der Waals surface area contributed by atoms with Crippen molar-refractivity contribution in [2.75, 3.05) is 7.05 Å². The number of nitrogens with two attached hydrogens (primary N) is 1. The van der Waals surface area contributed by atoms with E-state index < -0.39 is 10.0 Å². The summed E-state index contributed by atoms with van der Waals surface area (Å²) in [6.07, 6.45) is 1.42. The number of primary sulfonamides is 1. The van der Waals surface area contributed by atoms with Gasteiger partial charge in [0.1, 0.15) is 0 Å². The number of carbonyl (C=O) groups is 1. The largest absolute Gasteiger partial charge is 0.334 e. The summed E-state index contributed by atoms with van der Waals surface area (Å²) in [6.45, 7) is 1.84. The van der Waals surface area contributed by atoms with Crippen molar-refractivity contribution in [2.24, 2.45) is 5.14 Å². The Morgan fingerprint density at radius 1 is 1.11 bits per heavy atom. The Bertz CT molecular complexity index is 1050. The number of para-hydroxylation sites is 1. The highest BCUT2D eigenvalue weighted by molar-refractivity contribution is 7.89. The number of hydrogen-bond acceptors (Lipinski definition) is 5. The summed E-state index contributed by atoms with van der Waals surface area (Å²) in [4.78, 5) is 15.7. The van der Waals surface area contributed by atoms with E-state index >= 15 is 0 Å². The second kappa shape index (κ2) is 7.29. The molecule has 27 heavy (non-hydrogen) atoms. The highest BCUT2D eigenvalue weighted by Gasteiger charge is 2.22. The molecule has 1 heterocycles. The van der Waals surface area contributed by atoms with Crippen molar-refractivity contribution in [3.05, 3.63) is 72.1 Å². The van der Waals surface area contributed by atoms with Gasteiger partial charge in [-0.15, -0.1) is 5.10 Å². The Hall–Kier alpha value is -3.04. The molecule has 0 saturated carbocycles. The number of nitrogens with zero attached hydrogens (tertiary/aromatic N) is 4. The van der Waals surface area contributed by atoms with Gasteiger partial charge in [0.15, 0.2) is 5.69 Å². The molecule has 0 radical (unpaired) electrons. The fourth-order valence-electron chi connectivity index (χ4n) is 2.56. The molecule has 0 unspecified atom stereocenters. The number of benzene rings is 2. The van der Waals surface area contributed by atoms with Gasteiger partial charge >= 0.3 is 0 Å². The van der Waals surface area contributed by atoms with Crippen LogP contribution in [0.4, 0.5) is 0 Å². The van der Waals surface area contributed by atoms with Crippen molar-refractivity contribution in [3.8, 4) is 5.69 Å². The van der Waals surface area contributed by atoms with Crippen LogP contribution in [-0.4, -0.2) is 41.3 Å². The van der Waals surface area contributed by atoms with Crippen molar-refractivity contribution in [1.29, 1.82) is 0 Å². The van der Waals surface area contributed by atoms with Gasteiger partial charge in [-0.2, -0.15) is 9.90 Å². The lowest BCUT2D eigenvalue weighted by atomic mass is 10.1. The molecule has 2 aromatic carbocycles. The Morgan fingerprint density at radius 3 is 2.33 bits per heavy atom. The maximum Gasteiger partial charge on any atom is 0.276 e. The van der Waals surface area contributed by atoms with E-state index in [0.29, 0.717) is 0 Å². The third kappa shape index (κ3) is 4.04. The zero-order valence-corrected chi connectivity index (χ0v) is 15.7. The molecule has 8 nitrogen and oxygen atoms in total. The highest BCUT2D eigenvalue weighted by atomic mass is 32.2. The van der Waals surface area contributed by atoms with Crippen molar-refractivity contribution >= 4 is 15.9 Å². The van der Waals surface area contributed by atoms with Gasteiger partial charge in [0.2, 0.25) is 10.0 Å². The van der Waals surface area contributed by atoms with E-state index in [0.717, 1.165) is 11.3 Å². The van der Waals surface area contributed by atoms with Gasteiger partial charge < -0.3 is 4.90 Å². The molecule has 0 aliphatic carbocycles. The first-order valence-corrected chi connectivity index (χ1v) is 9.69. The van der Waals surface area contributed by atoms with Gasteiger partial charge in [0, 0.05) is 7.05 Å².